The lowest BCUT2D eigenvalue weighted by molar-refractivity contribution is -0.0707. The molecule has 170 valence electrons. The molecule has 2 N–H and O–H groups in total. The normalized spacial score (nSPS) is 19.3. The van der Waals surface area contributed by atoms with Crippen LogP contribution in [0.2, 0.25) is 0 Å². The Hall–Kier alpha value is -3.36. The number of halogens is 1. The van der Waals surface area contributed by atoms with Gasteiger partial charge >= 0.3 is 0 Å². The molecule has 1 aromatic carbocycles. The minimum atomic E-state index is -0.237. The molecular weight excluding hydrogens is 419 g/mol. The average Bonchev–Trinajstić information content (AvgIpc) is 3.09. The second-order valence-corrected chi connectivity index (χ2v) is 8.73. The van der Waals surface area contributed by atoms with Crippen LogP contribution < -0.4 is 5.73 Å². The van der Waals surface area contributed by atoms with E-state index in [0.29, 0.717) is 29.3 Å². The third kappa shape index (κ3) is 4.31. The first-order valence-electron chi connectivity index (χ1n) is 11.1. The van der Waals surface area contributed by atoms with Crippen molar-refractivity contribution in [2.75, 3.05) is 18.8 Å². The Kier molecular flexibility index (Phi) is 5.55. The summed E-state index contributed by atoms with van der Waals surface area (Å²) in [5, 5.41) is 0. The zero-order valence-electron chi connectivity index (χ0n) is 19.0. The Morgan fingerprint density at radius 2 is 1.85 bits per heavy atom. The van der Waals surface area contributed by atoms with Crippen LogP contribution >= 0.6 is 0 Å². The van der Waals surface area contributed by atoms with Crippen molar-refractivity contribution in [3.8, 4) is 16.9 Å². The van der Waals surface area contributed by atoms with Crippen LogP contribution in [0.5, 0.6) is 0 Å². The minimum absolute atomic E-state index is 0.145. The van der Waals surface area contributed by atoms with Gasteiger partial charge in [-0.15, -0.1) is 0 Å². The highest BCUT2D eigenvalue weighted by Crippen LogP contribution is 2.26. The molecule has 3 aromatic heterocycles. The molecule has 33 heavy (non-hydrogen) atoms. The predicted octanol–water partition coefficient (Wildman–Crippen LogP) is 4.12. The summed E-state index contributed by atoms with van der Waals surface area (Å²) in [6, 6.07) is 12.8. The summed E-state index contributed by atoms with van der Waals surface area (Å²) in [6.45, 7) is 8.15. The molecule has 1 fully saturated rings. The number of fused-ring (bicyclic) bond motifs is 1. The van der Waals surface area contributed by atoms with Crippen molar-refractivity contribution < 1.29 is 9.13 Å². The van der Waals surface area contributed by atoms with E-state index in [9.17, 15) is 0 Å². The van der Waals surface area contributed by atoms with E-state index in [1.54, 1.807) is 18.3 Å². The molecule has 7 nitrogen and oxygen atoms in total. The van der Waals surface area contributed by atoms with Crippen LogP contribution in [0.3, 0.4) is 0 Å². The van der Waals surface area contributed by atoms with E-state index in [1.165, 1.54) is 0 Å². The van der Waals surface area contributed by atoms with E-state index in [-0.39, 0.29) is 18.0 Å². The van der Waals surface area contributed by atoms with Crippen LogP contribution in [0.4, 0.5) is 10.2 Å². The van der Waals surface area contributed by atoms with Crippen molar-refractivity contribution >= 4 is 17.0 Å². The van der Waals surface area contributed by atoms with Crippen LogP contribution in [-0.2, 0) is 11.3 Å². The van der Waals surface area contributed by atoms with Crippen LogP contribution in [0, 0.1) is 12.7 Å². The van der Waals surface area contributed by atoms with Gasteiger partial charge in [0.2, 0.25) is 0 Å². The van der Waals surface area contributed by atoms with E-state index >= 15 is 4.39 Å². The van der Waals surface area contributed by atoms with E-state index in [0.717, 1.165) is 35.7 Å². The van der Waals surface area contributed by atoms with Gasteiger partial charge in [-0.1, -0.05) is 6.07 Å². The molecule has 0 amide bonds. The number of morpholine rings is 1. The molecule has 0 spiro atoms. The van der Waals surface area contributed by atoms with E-state index in [4.69, 9.17) is 15.5 Å². The number of aromatic nitrogens is 4. The summed E-state index contributed by atoms with van der Waals surface area (Å²) in [4.78, 5) is 15.7. The lowest BCUT2D eigenvalue weighted by atomic mass is 10.1. The SMILES string of the molecule is Cc1nc2ccc(-c3ccnc(N)c3)nc2n1-c1ccc(CN2C[C@H](C)O[C@@H](C)C2)c(F)c1. The molecule has 5 rings (SSSR count). The second kappa shape index (κ2) is 8.53. The van der Waals surface area contributed by atoms with Crippen LogP contribution in [0.1, 0.15) is 25.2 Å². The van der Waals surface area contributed by atoms with Gasteiger partial charge < -0.3 is 10.5 Å². The minimum Gasteiger partial charge on any atom is -0.384 e. The van der Waals surface area contributed by atoms with Gasteiger partial charge in [-0.05, 0) is 57.2 Å². The lowest BCUT2D eigenvalue weighted by Gasteiger charge is -2.35. The third-order valence-electron chi connectivity index (χ3n) is 5.93. The first-order valence-corrected chi connectivity index (χ1v) is 11.1. The lowest BCUT2D eigenvalue weighted by Crippen LogP contribution is -2.44. The number of hydrogen-bond acceptors (Lipinski definition) is 6. The van der Waals surface area contributed by atoms with E-state index in [2.05, 4.69) is 28.7 Å². The summed E-state index contributed by atoms with van der Waals surface area (Å²) in [5.74, 6) is 0.936. The number of nitrogen functional groups attached to an aromatic ring is 1. The van der Waals surface area contributed by atoms with Gasteiger partial charge in [0, 0.05) is 37.0 Å². The number of imidazole rings is 1. The van der Waals surface area contributed by atoms with Gasteiger partial charge in [0.1, 0.15) is 23.0 Å². The monoisotopic (exact) mass is 446 g/mol. The Bertz CT molecular complexity index is 1310. The third-order valence-corrected chi connectivity index (χ3v) is 5.93. The number of benzene rings is 1. The Labute approximate surface area is 192 Å². The molecule has 0 unspecified atom stereocenters. The number of aryl methyl sites for hydroxylation is 1. The summed E-state index contributed by atoms with van der Waals surface area (Å²) in [6.07, 6.45) is 1.95. The predicted molar refractivity (Wildman–Crippen MR) is 126 cm³/mol. The van der Waals surface area contributed by atoms with Crippen molar-refractivity contribution in [3.63, 3.8) is 0 Å². The standard InChI is InChI=1S/C25H27FN6O/c1-15-12-31(13-16(2)33-15)14-19-4-5-20(11-21(19)26)32-17(3)29-23-7-6-22(30-25(23)32)18-8-9-28-24(27)10-18/h4-11,15-16H,12-14H2,1-3H3,(H2,27,28)/t15-,16-/m0/s1. The molecule has 8 heteroatoms. The van der Waals surface area contributed by atoms with E-state index < -0.39 is 0 Å². The number of pyridine rings is 2. The molecule has 1 aliphatic rings. The number of nitrogens with zero attached hydrogens (tertiary/aromatic N) is 5. The second-order valence-electron chi connectivity index (χ2n) is 8.73. The zero-order chi connectivity index (χ0) is 23.1. The van der Waals surface area contributed by atoms with Crippen molar-refractivity contribution in [1.29, 1.82) is 0 Å². The number of ether oxygens (including phenoxy) is 1. The van der Waals surface area contributed by atoms with Gasteiger partial charge in [-0.3, -0.25) is 9.47 Å². The largest absolute Gasteiger partial charge is 0.384 e. The van der Waals surface area contributed by atoms with Crippen molar-refractivity contribution in [2.24, 2.45) is 0 Å². The van der Waals surface area contributed by atoms with Crippen LogP contribution in [0.25, 0.3) is 28.1 Å². The van der Waals surface area contributed by atoms with E-state index in [1.807, 2.05) is 41.8 Å². The summed E-state index contributed by atoms with van der Waals surface area (Å²) in [5.41, 5.74) is 10.2. The summed E-state index contributed by atoms with van der Waals surface area (Å²) >= 11 is 0. The smallest absolute Gasteiger partial charge is 0.165 e. The maximum absolute atomic E-state index is 15.2. The summed E-state index contributed by atoms with van der Waals surface area (Å²) < 4.78 is 22.9. The first-order chi connectivity index (χ1) is 15.9. The number of rotatable bonds is 4. The van der Waals surface area contributed by atoms with Gasteiger partial charge in [-0.25, -0.2) is 19.3 Å². The molecule has 4 aromatic rings. The molecule has 0 aliphatic carbocycles. The highest BCUT2D eigenvalue weighted by molar-refractivity contribution is 5.78. The van der Waals surface area contributed by atoms with Crippen molar-refractivity contribution in [2.45, 2.75) is 39.5 Å². The fourth-order valence-electron chi connectivity index (χ4n) is 4.61. The molecule has 4 heterocycles. The quantitative estimate of drug-likeness (QED) is 0.508. The maximum atomic E-state index is 15.2. The number of anilines is 1. The van der Waals surface area contributed by atoms with Gasteiger partial charge in [0.15, 0.2) is 5.65 Å². The Morgan fingerprint density at radius 1 is 1.06 bits per heavy atom. The highest BCUT2D eigenvalue weighted by atomic mass is 19.1. The molecule has 0 bridgehead atoms. The maximum Gasteiger partial charge on any atom is 0.165 e. The highest BCUT2D eigenvalue weighted by Gasteiger charge is 2.23. The molecule has 2 atom stereocenters. The number of nitrogens with two attached hydrogens (primary N) is 1. The Balaban J connectivity index is 1.49. The molecule has 0 saturated carbocycles. The topological polar surface area (TPSA) is 82.1 Å². The van der Waals surface area contributed by atoms with Gasteiger partial charge in [0.25, 0.3) is 0 Å². The molecule has 1 saturated heterocycles. The average molecular weight is 447 g/mol. The summed E-state index contributed by atoms with van der Waals surface area (Å²) in [7, 11) is 0. The fourth-order valence-corrected chi connectivity index (χ4v) is 4.61. The van der Waals surface area contributed by atoms with Crippen molar-refractivity contribution in [3.05, 3.63) is 65.9 Å². The molecular formula is C25H27FN6O. The van der Waals surface area contributed by atoms with Crippen molar-refractivity contribution in [1.82, 2.24) is 24.4 Å². The number of hydrogen-bond donors (Lipinski definition) is 1. The molecule has 1 aliphatic heterocycles. The van der Waals surface area contributed by atoms with Gasteiger partial charge in [-0.2, -0.15) is 0 Å². The van der Waals surface area contributed by atoms with Gasteiger partial charge in [0.05, 0.1) is 23.6 Å². The first kappa shape index (κ1) is 21.5. The zero-order valence-corrected chi connectivity index (χ0v) is 19.0. The van der Waals surface area contributed by atoms with Crippen LogP contribution in [0.15, 0.2) is 48.7 Å². The molecule has 0 radical (unpaired) electrons. The Morgan fingerprint density at radius 3 is 2.58 bits per heavy atom. The van der Waals surface area contributed by atoms with Crippen LogP contribution in [-0.4, -0.2) is 49.7 Å². The fraction of sp³-hybridized carbons (Fsp3) is 0.320.